The predicted molar refractivity (Wildman–Crippen MR) is 180 cm³/mol. The second kappa shape index (κ2) is 19.8. The van der Waals surface area contributed by atoms with Crippen LogP contribution in [0.1, 0.15) is 52.5 Å². The number of benzene rings is 1. The average Bonchev–Trinajstić information content (AvgIpc) is 3.05. The third-order valence-electron chi connectivity index (χ3n) is 7.76. The Bertz CT molecular complexity index is 1460. The van der Waals surface area contributed by atoms with Crippen molar-refractivity contribution in [2.45, 2.75) is 96.0 Å². The summed E-state index contributed by atoms with van der Waals surface area (Å²) in [5, 5.41) is 61.2. The van der Waals surface area contributed by atoms with Crippen molar-refractivity contribution >= 4 is 47.1 Å². The molecular weight excluding hydrogens is 696 g/mol. The number of carboxylic acid groups (broad SMARTS) is 1. The molecule has 0 aliphatic carbocycles. The summed E-state index contributed by atoms with van der Waals surface area (Å²) in [6, 6.07) is -2.58. The van der Waals surface area contributed by atoms with E-state index in [0.717, 1.165) is 0 Å². The molecule has 12 N–H and O–H groups in total. The van der Waals surface area contributed by atoms with Crippen LogP contribution < -0.4 is 37.1 Å². The van der Waals surface area contributed by atoms with Gasteiger partial charge in [-0.25, -0.2) is 4.79 Å². The van der Waals surface area contributed by atoms with E-state index in [9.17, 15) is 54.3 Å². The molecule has 0 fully saturated rings. The number of aliphatic hydroxyl groups excluding tert-OH is 2. The molecule has 19 heteroatoms. The third-order valence-corrected chi connectivity index (χ3v) is 7.97. The van der Waals surface area contributed by atoms with Gasteiger partial charge < -0.3 is 62.6 Å². The van der Waals surface area contributed by atoms with Crippen LogP contribution in [0.5, 0.6) is 11.5 Å². The molecule has 1 aliphatic heterocycles. The summed E-state index contributed by atoms with van der Waals surface area (Å²) in [5.74, 6) is -7.96. The molecule has 51 heavy (non-hydrogen) atoms. The van der Waals surface area contributed by atoms with Gasteiger partial charge in [0.15, 0.2) is 0 Å². The van der Waals surface area contributed by atoms with Crippen molar-refractivity contribution < 1.29 is 59.0 Å². The number of ether oxygens (including phenoxy) is 1. The second-order valence-electron chi connectivity index (χ2n) is 12.7. The van der Waals surface area contributed by atoms with Crippen LogP contribution >= 0.6 is 11.6 Å². The summed E-state index contributed by atoms with van der Waals surface area (Å²) < 4.78 is 6.22. The van der Waals surface area contributed by atoms with Crippen LogP contribution in [0.3, 0.4) is 0 Å². The molecule has 0 radical (unpaired) electrons. The molecule has 18 nitrogen and oxygen atoms in total. The minimum atomic E-state index is -2.44. The fraction of sp³-hybridized carbons (Fsp3) is 0.562. The zero-order valence-electron chi connectivity index (χ0n) is 28.6. The molecule has 0 saturated heterocycles. The van der Waals surface area contributed by atoms with Gasteiger partial charge in [0.1, 0.15) is 47.5 Å². The van der Waals surface area contributed by atoms with E-state index in [2.05, 4.69) is 26.6 Å². The normalized spacial score (nSPS) is 20.9. The Kier molecular flexibility index (Phi) is 16.6. The number of fused-ring (bicyclic) bond motifs is 1. The maximum Gasteiger partial charge on any atom is 0.326 e. The number of hydrogen-bond acceptors (Lipinski definition) is 12. The first-order chi connectivity index (χ1) is 23.9. The Morgan fingerprint density at radius 1 is 1.06 bits per heavy atom. The summed E-state index contributed by atoms with van der Waals surface area (Å²) in [6.45, 7) is 6.83. The molecule has 1 heterocycles. The number of phenols is 1. The van der Waals surface area contributed by atoms with Crippen molar-refractivity contribution in [1.82, 2.24) is 26.6 Å². The van der Waals surface area contributed by atoms with E-state index < -0.39 is 89.8 Å². The largest absolute Gasteiger partial charge is 0.508 e. The van der Waals surface area contributed by atoms with Crippen LogP contribution in [-0.2, 0) is 35.2 Å². The van der Waals surface area contributed by atoms with Crippen molar-refractivity contribution in [3.63, 3.8) is 0 Å². The summed E-state index contributed by atoms with van der Waals surface area (Å²) in [4.78, 5) is 78.5. The lowest BCUT2D eigenvalue weighted by atomic mass is 9.96. The van der Waals surface area contributed by atoms with E-state index in [1.165, 1.54) is 18.2 Å². The number of aliphatic carboxylic acids is 1. The number of hydrogen-bond donors (Lipinski definition) is 11. The van der Waals surface area contributed by atoms with Crippen LogP contribution in [0.2, 0.25) is 0 Å². The standard InChI is InChI=1S/C32H47ClN6O12/c1-14(2)10-18(35-30(46)32(49)50)26(42)38-23(21(41)6-5-9-34)28(44)39-24-25(15(3)4)51-22-8-7-17(40)11-16(22)12-19(31(47)48)36-27(43)20(13-33)37-29(24)45/h7-8,11,13-15,18-19,21,23-25,32,40-41,49-50H,5-6,9-10,12,34H2,1-4H3,(H,35,46)(H,36,43)(H,37,45)(H,38,42)(H,39,44)(H,47,48)/b20-13+/t18-,19?,21+,23-,24?,25-/m0/s1. The van der Waals surface area contributed by atoms with Gasteiger partial charge in [-0.05, 0) is 55.8 Å². The molecule has 1 aliphatic rings. The maximum atomic E-state index is 14.0. The van der Waals surface area contributed by atoms with Crippen LogP contribution in [0.4, 0.5) is 0 Å². The molecule has 2 rings (SSSR count). The Balaban J connectivity index is 2.63. The Morgan fingerprint density at radius 3 is 2.27 bits per heavy atom. The highest BCUT2D eigenvalue weighted by Gasteiger charge is 2.40. The lowest BCUT2D eigenvalue weighted by molar-refractivity contribution is -0.150. The highest BCUT2D eigenvalue weighted by atomic mass is 35.5. The number of nitrogens with one attached hydrogen (secondary N) is 5. The van der Waals surface area contributed by atoms with E-state index in [-0.39, 0.29) is 55.2 Å². The van der Waals surface area contributed by atoms with Gasteiger partial charge in [-0.1, -0.05) is 39.3 Å². The average molecular weight is 743 g/mol. The smallest absolute Gasteiger partial charge is 0.326 e. The van der Waals surface area contributed by atoms with Gasteiger partial charge in [-0.2, -0.15) is 0 Å². The zero-order chi connectivity index (χ0) is 38.6. The van der Waals surface area contributed by atoms with E-state index >= 15 is 0 Å². The SMILES string of the molecule is CC(C)C[C@H](NC(=O)C(O)O)C(=O)N[C@H](C(=O)NC1C(=O)N/C(=C/Cl)C(=O)NC(C(=O)O)Cc2cc(O)ccc2O[C@H]1C(C)C)[C@H](O)CCCN. The number of rotatable bonds is 14. The highest BCUT2D eigenvalue weighted by molar-refractivity contribution is 6.28. The number of aliphatic hydroxyl groups is 3. The molecule has 0 spiro atoms. The number of carboxylic acids is 1. The molecule has 2 unspecified atom stereocenters. The number of carbonyl (C=O) groups is 6. The van der Waals surface area contributed by atoms with Crippen LogP contribution in [0.25, 0.3) is 0 Å². The Morgan fingerprint density at radius 2 is 1.73 bits per heavy atom. The fourth-order valence-corrected chi connectivity index (χ4v) is 5.30. The lowest BCUT2D eigenvalue weighted by Crippen LogP contribution is -2.63. The Labute approximate surface area is 299 Å². The highest BCUT2D eigenvalue weighted by Crippen LogP contribution is 2.29. The number of phenolic OH excluding ortho intramolecular Hbond substituents is 1. The summed E-state index contributed by atoms with van der Waals surface area (Å²) in [7, 11) is 0. The Hall–Kier alpha value is -4.49. The molecule has 1 aromatic carbocycles. The van der Waals surface area contributed by atoms with Crippen molar-refractivity contribution in [1.29, 1.82) is 0 Å². The minimum Gasteiger partial charge on any atom is -0.508 e. The second-order valence-corrected chi connectivity index (χ2v) is 13.0. The first kappa shape index (κ1) is 42.7. The van der Waals surface area contributed by atoms with Gasteiger partial charge in [-0.15, -0.1) is 0 Å². The van der Waals surface area contributed by atoms with E-state index in [1.54, 1.807) is 27.7 Å². The van der Waals surface area contributed by atoms with Gasteiger partial charge in [0.2, 0.25) is 18.1 Å². The zero-order valence-corrected chi connectivity index (χ0v) is 29.3. The molecule has 0 saturated carbocycles. The first-order valence-corrected chi connectivity index (χ1v) is 16.6. The maximum absolute atomic E-state index is 14.0. The van der Waals surface area contributed by atoms with Gasteiger partial charge >= 0.3 is 5.97 Å². The van der Waals surface area contributed by atoms with Gasteiger partial charge in [0.05, 0.1) is 6.10 Å². The minimum absolute atomic E-state index is 0.000871. The van der Waals surface area contributed by atoms with Gasteiger partial charge in [0.25, 0.3) is 17.7 Å². The van der Waals surface area contributed by atoms with Crippen molar-refractivity contribution in [3.05, 3.63) is 35.0 Å². The summed E-state index contributed by atoms with van der Waals surface area (Å²) >= 11 is 5.85. The number of carbonyl (C=O) groups excluding carboxylic acids is 5. The number of nitrogens with two attached hydrogens (primary N) is 1. The van der Waals surface area contributed by atoms with Crippen LogP contribution in [-0.4, -0.2) is 110 Å². The fourth-order valence-electron chi connectivity index (χ4n) is 5.15. The number of aromatic hydroxyl groups is 1. The summed E-state index contributed by atoms with van der Waals surface area (Å²) in [6.07, 6.45) is -5.54. The molecule has 284 valence electrons. The molecule has 6 atom stereocenters. The number of amides is 5. The quantitative estimate of drug-likeness (QED) is 0.0729. The first-order valence-electron chi connectivity index (χ1n) is 16.2. The molecule has 0 bridgehead atoms. The predicted octanol–water partition coefficient (Wildman–Crippen LogP) is -1.97. The van der Waals surface area contributed by atoms with Gasteiger partial charge in [-0.3, -0.25) is 24.0 Å². The van der Waals surface area contributed by atoms with Gasteiger partial charge in [0, 0.05) is 17.5 Å². The topological polar surface area (TPSA) is 299 Å². The summed E-state index contributed by atoms with van der Waals surface area (Å²) in [5.41, 5.74) is 5.83. The molecule has 1 aromatic rings. The van der Waals surface area contributed by atoms with E-state index in [1.807, 2.05) is 0 Å². The van der Waals surface area contributed by atoms with Crippen molar-refractivity contribution in [3.8, 4) is 11.5 Å². The van der Waals surface area contributed by atoms with Crippen molar-refractivity contribution in [2.75, 3.05) is 6.54 Å². The number of halogens is 1. The lowest BCUT2D eigenvalue weighted by Gasteiger charge is -2.34. The van der Waals surface area contributed by atoms with Crippen LogP contribution in [0.15, 0.2) is 29.4 Å². The third kappa shape index (κ3) is 12.7. The molecule has 5 amide bonds. The monoisotopic (exact) mass is 742 g/mol. The van der Waals surface area contributed by atoms with E-state index in [4.69, 9.17) is 22.1 Å². The van der Waals surface area contributed by atoms with Crippen LogP contribution in [0, 0.1) is 11.8 Å². The van der Waals surface area contributed by atoms with E-state index in [0.29, 0.717) is 5.54 Å². The molecular formula is C32H47ClN6O12. The molecule has 0 aromatic heterocycles. The van der Waals surface area contributed by atoms with Crippen molar-refractivity contribution in [2.24, 2.45) is 17.6 Å².